The van der Waals surface area contributed by atoms with E-state index in [-0.39, 0.29) is 10.7 Å². The number of nitrogens with two attached hydrogens (primary N) is 1. The Hall–Kier alpha value is -1.31. The molecule has 0 heterocycles. The molecule has 0 saturated carbocycles. The van der Waals surface area contributed by atoms with E-state index in [0.717, 1.165) is 12.1 Å². The quantitative estimate of drug-likeness (QED) is 0.665. The molecule has 0 spiro atoms. The number of anilines is 1. The van der Waals surface area contributed by atoms with Crippen molar-refractivity contribution in [3.63, 3.8) is 0 Å². The van der Waals surface area contributed by atoms with Gasteiger partial charge in [0, 0.05) is 11.1 Å². The molecule has 0 aromatic heterocycles. The average molecular weight is 294 g/mol. The van der Waals surface area contributed by atoms with Crippen LogP contribution in [0.2, 0.25) is 5.02 Å². The molecule has 0 aliphatic heterocycles. The van der Waals surface area contributed by atoms with Gasteiger partial charge in [-0.05, 0) is 12.1 Å². The molecule has 0 unspecified atom stereocenters. The van der Waals surface area contributed by atoms with Gasteiger partial charge < -0.3 is 10.5 Å². The van der Waals surface area contributed by atoms with Gasteiger partial charge in [-0.1, -0.05) is 11.6 Å². The minimum absolute atomic E-state index is 0.0951. The molecule has 0 saturated heterocycles. The second kappa shape index (κ2) is 4.75. The Labute approximate surface area is 102 Å². The lowest BCUT2D eigenvalue weighted by Gasteiger charge is -2.24. The van der Waals surface area contributed by atoms with E-state index < -0.39 is 24.2 Å². The molecule has 0 aliphatic rings. The average Bonchev–Trinajstić information content (AvgIpc) is 2.15. The first-order valence-electron chi connectivity index (χ1n) is 4.37. The third-order valence-electron chi connectivity index (χ3n) is 1.82. The molecule has 0 amide bonds. The zero-order valence-corrected chi connectivity index (χ0v) is 9.20. The lowest BCUT2D eigenvalue weighted by atomic mass is 10.3. The third-order valence-corrected chi connectivity index (χ3v) is 2.05. The summed E-state index contributed by atoms with van der Waals surface area (Å²) in [7, 11) is 0. The molecule has 18 heavy (non-hydrogen) atoms. The van der Waals surface area contributed by atoms with E-state index in [4.69, 9.17) is 17.3 Å². The SMILES string of the molecule is Nc1ccc(Cl)cc1OC(C(F)(F)F)C(F)(F)F. The van der Waals surface area contributed by atoms with Gasteiger partial charge in [0.2, 0.25) is 0 Å². The monoisotopic (exact) mass is 293 g/mol. The van der Waals surface area contributed by atoms with Crippen LogP contribution in [-0.4, -0.2) is 18.5 Å². The third kappa shape index (κ3) is 3.59. The van der Waals surface area contributed by atoms with Gasteiger partial charge in [0.1, 0.15) is 5.75 Å². The van der Waals surface area contributed by atoms with Crippen LogP contribution in [0, 0.1) is 0 Å². The van der Waals surface area contributed by atoms with Crippen molar-refractivity contribution < 1.29 is 31.1 Å². The fraction of sp³-hybridized carbons (Fsp3) is 0.333. The topological polar surface area (TPSA) is 35.2 Å². The number of ether oxygens (including phenoxy) is 1. The van der Waals surface area contributed by atoms with Crippen LogP contribution in [0.15, 0.2) is 18.2 Å². The van der Waals surface area contributed by atoms with Crippen molar-refractivity contribution in [1.29, 1.82) is 0 Å². The fourth-order valence-corrected chi connectivity index (χ4v) is 1.22. The van der Waals surface area contributed by atoms with Crippen LogP contribution in [0.3, 0.4) is 0 Å². The van der Waals surface area contributed by atoms with E-state index in [1.165, 1.54) is 6.07 Å². The Balaban J connectivity index is 3.08. The summed E-state index contributed by atoms with van der Waals surface area (Å²) in [6.45, 7) is 0. The number of hydrogen-bond donors (Lipinski definition) is 1. The van der Waals surface area contributed by atoms with Gasteiger partial charge in [0.25, 0.3) is 6.10 Å². The number of rotatable bonds is 2. The van der Waals surface area contributed by atoms with Crippen LogP contribution in [-0.2, 0) is 0 Å². The van der Waals surface area contributed by atoms with Gasteiger partial charge >= 0.3 is 12.4 Å². The van der Waals surface area contributed by atoms with E-state index in [2.05, 4.69) is 4.74 Å². The van der Waals surface area contributed by atoms with Crippen molar-refractivity contribution in [3.05, 3.63) is 23.2 Å². The Kier molecular flexibility index (Phi) is 3.89. The molecule has 0 radical (unpaired) electrons. The van der Waals surface area contributed by atoms with Gasteiger partial charge in [-0.15, -0.1) is 0 Å². The highest BCUT2D eigenvalue weighted by atomic mass is 35.5. The molecule has 0 aliphatic carbocycles. The Morgan fingerprint density at radius 2 is 1.56 bits per heavy atom. The maximum absolute atomic E-state index is 12.2. The minimum atomic E-state index is -5.60. The maximum Gasteiger partial charge on any atom is 0.434 e. The molecule has 1 aromatic rings. The second-order valence-electron chi connectivity index (χ2n) is 3.26. The Morgan fingerprint density at radius 1 is 1.06 bits per heavy atom. The van der Waals surface area contributed by atoms with Crippen molar-refractivity contribution in [1.82, 2.24) is 0 Å². The number of halogens is 7. The molecule has 2 N–H and O–H groups in total. The lowest BCUT2D eigenvalue weighted by Crippen LogP contribution is -2.46. The van der Waals surface area contributed by atoms with Crippen LogP contribution in [0.1, 0.15) is 0 Å². The van der Waals surface area contributed by atoms with Gasteiger partial charge in [-0.25, -0.2) is 0 Å². The molecule has 102 valence electrons. The van der Waals surface area contributed by atoms with Crippen molar-refractivity contribution in [3.8, 4) is 5.75 Å². The van der Waals surface area contributed by atoms with Gasteiger partial charge in [-0.2, -0.15) is 26.3 Å². The highest BCUT2D eigenvalue weighted by Gasteiger charge is 2.59. The van der Waals surface area contributed by atoms with Crippen molar-refractivity contribution in [2.75, 3.05) is 5.73 Å². The highest BCUT2D eigenvalue weighted by molar-refractivity contribution is 6.30. The van der Waals surface area contributed by atoms with E-state index in [0.29, 0.717) is 0 Å². The van der Waals surface area contributed by atoms with Crippen molar-refractivity contribution in [2.45, 2.75) is 18.5 Å². The van der Waals surface area contributed by atoms with Crippen LogP contribution < -0.4 is 10.5 Å². The van der Waals surface area contributed by atoms with Gasteiger partial charge in [0.05, 0.1) is 5.69 Å². The molecule has 0 atom stereocenters. The molecule has 0 fully saturated rings. The van der Waals surface area contributed by atoms with E-state index in [9.17, 15) is 26.3 Å². The molecule has 1 aromatic carbocycles. The van der Waals surface area contributed by atoms with E-state index in [1.54, 1.807) is 0 Å². The van der Waals surface area contributed by atoms with Crippen molar-refractivity contribution >= 4 is 17.3 Å². The molecule has 9 heteroatoms. The molecule has 1 rings (SSSR count). The largest absolute Gasteiger partial charge is 0.469 e. The Bertz CT molecular complexity index is 416. The second-order valence-corrected chi connectivity index (χ2v) is 3.70. The summed E-state index contributed by atoms with van der Waals surface area (Å²) in [5.41, 5.74) is 4.83. The van der Waals surface area contributed by atoms with Crippen LogP contribution >= 0.6 is 11.6 Å². The first-order valence-corrected chi connectivity index (χ1v) is 4.74. The number of alkyl halides is 6. The predicted molar refractivity (Wildman–Crippen MR) is 52.4 cm³/mol. The lowest BCUT2D eigenvalue weighted by molar-refractivity contribution is -0.299. The summed E-state index contributed by atoms with van der Waals surface area (Å²) < 4.78 is 77.2. The van der Waals surface area contributed by atoms with Crippen LogP contribution in [0.5, 0.6) is 5.75 Å². The first kappa shape index (κ1) is 14.7. The number of hydrogen-bond acceptors (Lipinski definition) is 2. The number of nitrogen functional groups attached to an aromatic ring is 1. The first-order chi connectivity index (χ1) is 8.01. The summed E-state index contributed by atoms with van der Waals surface area (Å²) in [5, 5.41) is -0.0951. The standard InChI is InChI=1S/C9H6ClF6NO/c10-4-1-2-5(17)6(3-4)18-7(8(11,12)13)9(14,15)16/h1-3,7H,17H2. The van der Waals surface area contributed by atoms with E-state index in [1.807, 2.05) is 0 Å². The fourth-order valence-electron chi connectivity index (χ4n) is 1.06. The van der Waals surface area contributed by atoms with Crippen LogP contribution in [0.4, 0.5) is 32.0 Å². The van der Waals surface area contributed by atoms with Gasteiger partial charge in [0.15, 0.2) is 0 Å². The zero-order chi connectivity index (χ0) is 14.1. The molecular formula is C9H6ClF6NO. The normalized spacial score (nSPS) is 12.9. The molecular weight excluding hydrogens is 288 g/mol. The summed E-state index contributed by atoms with van der Waals surface area (Å²) in [6.07, 6.45) is -15.2. The number of benzene rings is 1. The van der Waals surface area contributed by atoms with E-state index >= 15 is 0 Å². The minimum Gasteiger partial charge on any atom is -0.469 e. The highest BCUT2D eigenvalue weighted by Crippen LogP contribution is 2.38. The Morgan fingerprint density at radius 3 is 2.00 bits per heavy atom. The summed E-state index contributed by atoms with van der Waals surface area (Å²) in [5.74, 6) is -0.776. The molecule has 2 nitrogen and oxygen atoms in total. The van der Waals surface area contributed by atoms with Crippen LogP contribution in [0.25, 0.3) is 0 Å². The summed E-state index contributed by atoms with van der Waals surface area (Å²) in [4.78, 5) is 0. The van der Waals surface area contributed by atoms with Gasteiger partial charge in [-0.3, -0.25) is 0 Å². The van der Waals surface area contributed by atoms with Crippen molar-refractivity contribution in [2.24, 2.45) is 0 Å². The summed E-state index contributed by atoms with van der Waals surface area (Å²) in [6, 6.07) is 3.03. The summed E-state index contributed by atoms with van der Waals surface area (Å²) >= 11 is 5.43. The predicted octanol–water partition coefficient (Wildman–Crippen LogP) is 3.79. The maximum atomic E-state index is 12.2. The smallest absolute Gasteiger partial charge is 0.434 e. The zero-order valence-electron chi connectivity index (χ0n) is 8.44. The molecule has 0 bridgehead atoms.